The van der Waals surface area contributed by atoms with E-state index >= 15 is 0 Å². The van der Waals surface area contributed by atoms with Crippen molar-refractivity contribution in [2.75, 3.05) is 10.8 Å². The molecule has 0 heterocycles. The van der Waals surface area contributed by atoms with Crippen LogP contribution in [0.15, 0.2) is 77.7 Å². The summed E-state index contributed by atoms with van der Waals surface area (Å²) in [5, 5.41) is 3.28. The van der Waals surface area contributed by atoms with E-state index in [1.165, 1.54) is 35.2 Å². The third-order valence-electron chi connectivity index (χ3n) is 6.08. The van der Waals surface area contributed by atoms with Gasteiger partial charge >= 0.3 is 0 Å². The van der Waals surface area contributed by atoms with Crippen LogP contribution in [0, 0.1) is 6.92 Å². The first kappa shape index (κ1) is 30.5. The molecule has 0 radical (unpaired) electrons. The van der Waals surface area contributed by atoms with Gasteiger partial charge in [-0.15, -0.1) is 0 Å². The van der Waals surface area contributed by atoms with Gasteiger partial charge in [0.15, 0.2) is 0 Å². The van der Waals surface area contributed by atoms with Crippen LogP contribution in [0.2, 0.25) is 10.0 Å². The SMILES string of the molecule is CC[C@@H](C(=O)NC(C)C)N(Cc1ccc(C)cc1)C(=O)CN(c1ccc(Cl)cc1Cl)S(=O)(=O)c1ccccc1. The number of anilines is 1. The number of hydrogen-bond donors (Lipinski definition) is 1. The zero-order valence-electron chi connectivity index (χ0n) is 22.4. The van der Waals surface area contributed by atoms with Crippen molar-refractivity contribution in [3.63, 3.8) is 0 Å². The Morgan fingerprint density at radius 3 is 2.15 bits per heavy atom. The lowest BCUT2D eigenvalue weighted by molar-refractivity contribution is -0.140. The van der Waals surface area contributed by atoms with Crippen LogP contribution in [0.3, 0.4) is 0 Å². The smallest absolute Gasteiger partial charge is 0.264 e. The molecule has 0 spiro atoms. The van der Waals surface area contributed by atoms with Gasteiger partial charge in [-0.25, -0.2) is 8.42 Å². The molecule has 208 valence electrons. The molecule has 0 saturated carbocycles. The Balaban J connectivity index is 2.08. The molecule has 1 atom stereocenters. The van der Waals surface area contributed by atoms with E-state index in [1.807, 2.05) is 52.0 Å². The summed E-state index contributed by atoms with van der Waals surface area (Å²) in [6.45, 7) is 7.00. The third-order valence-corrected chi connectivity index (χ3v) is 8.39. The summed E-state index contributed by atoms with van der Waals surface area (Å²) in [5.74, 6) is -0.859. The molecule has 0 aliphatic heterocycles. The number of nitrogens with zero attached hydrogens (tertiary/aromatic N) is 2. The molecular formula is C29H33Cl2N3O4S. The molecule has 0 bridgehead atoms. The number of amides is 2. The van der Waals surface area contributed by atoms with E-state index in [0.29, 0.717) is 11.4 Å². The molecule has 0 saturated heterocycles. The van der Waals surface area contributed by atoms with Crippen molar-refractivity contribution in [3.05, 3.63) is 94.0 Å². The number of carbonyl (C=O) groups excluding carboxylic acids is 2. The van der Waals surface area contributed by atoms with E-state index < -0.39 is 28.5 Å². The molecule has 0 unspecified atom stereocenters. The van der Waals surface area contributed by atoms with Crippen LogP contribution >= 0.6 is 23.2 Å². The van der Waals surface area contributed by atoms with Gasteiger partial charge in [0.2, 0.25) is 11.8 Å². The van der Waals surface area contributed by atoms with Crippen molar-refractivity contribution in [2.45, 2.75) is 57.6 Å². The number of hydrogen-bond acceptors (Lipinski definition) is 4. The lowest BCUT2D eigenvalue weighted by Gasteiger charge is -2.33. The number of halogens is 2. The topological polar surface area (TPSA) is 86.8 Å². The molecule has 7 nitrogen and oxygen atoms in total. The Hall–Kier alpha value is -3.07. The first-order chi connectivity index (χ1) is 18.4. The first-order valence-electron chi connectivity index (χ1n) is 12.6. The zero-order valence-corrected chi connectivity index (χ0v) is 24.7. The van der Waals surface area contributed by atoms with Crippen molar-refractivity contribution < 1.29 is 18.0 Å². The molecule has 0 aliphatic rings. The van der Waals surface area contributed by atoms with Crippen LogP contribution in [-0.2, 0) is 26.2 Å². The molecule has 3 aromatic carbocycles. The Kier molecular flexibility index (Phi) is 10.4. The fourth-order valence-electron chi connectivity index (χ4n) is 4.11. The summed E-state index contributed by atoms with van der Waals surface area (Å²) in [6, 6.07) is 18.9. The third kappa shape index (κ3) is 7.75. The molecule has 10 heteroatoms. The summed E-state index contributed by atoms with van der Waals surface area (Å²) < 4.78 is 28.6. The fraction of sp³-hybridized carbons (Fsp3) is 0.310. The van der Waals surface area contributed by atoms with Gasteiger partial charge in [-0.3, -0.25) is 13.9 Å². The van der Waals surface area contributed by atoms with Crippen molar-refractivity contribution in [1.29, 1.82) is 0 Å². The monoisotopic (exact) mass is 589 g/mol. The Labute approximate surface area is 240 Å². The molecular weight excluding hydrogens is 557 g/mol. The summed E-state index contributed by atoms with van der Waals surface area (Å²) in [5.41, 5.74) is 1.97. The van der Waals surface area contributed by atoms with Gasteiger partial charge in [0.05, 0.1) is 15.6 Å². The van der Waals surface area contributed by atoms with Gasteiger partial charge in [-0.1, -0.05) is 78.2 Å². The second-order valence-corrected chi connectivity index (χ2v) is 12.2. The predicted octanol–water partition coefficient (Wildman–Crippen LogP) is 5.83. The average Bonchev–Trinajstić information content (AvgIpc) is 2.88. The lowest BCUT2D eigenvalue weighted by atomic mass is 10.1. The van der Waals surface area contributed by atoms with Crippen molar-refractivity contribution in [3.8, 4) is 0 Å². The number of nitrogens with one attached hydrogen (secondary N) is 1. The van der Waals surface area contributed by atoms with Crippen LogP contribution in [0.1, 0.15) is 38.3 Å². The van der Waals surface area contributed by atoms with Gasteiger partial charge in [0.25, 0.3) is 10.0 Å². The second kappa shape index (κ2) is 13.3. The van der Waals surface area contributed by atoms with E-state index in [0.717, 1.165) is 15.4 Å². The molecule has 3 rings (SSSR count). The van der Waals surface area contributed by atoms with Gasteiger partial charge in [-0.05, 0) is 63.1 Å². The van der Waals surface area contributed by atoms with E-state index in [2.05, 4.69) is 5.32 Å². The highest BCUT2D eigenvalue weighted by atomic mass is 35.5. The summed E-state index contributed by atoms with van der Waals surface area (Å²) in [7, 11) is -4.21. The quantitative estimate of drug-likeness (QED) is 0.305. The minimum atomic E-state index is -4.21. The molecule has 0 aliphatic carbocycles. The second-order valence-electron chi connectivity index (χ2n) is 9.52. The summed E-state index contributed by atoms with van der Waals surface area (Å²) >= 11 is 12.5. The van der Waals surface area contributed by atoms with Crippen molar-refractivity contribution in [2.24, 2.45) is 0 Å². The molecule has 2 amide bonds. The number of rotatable bonds is 11. The number of aryl methyl sites for hydroxylation is 1. The Morgan fingerprint density at radius 2 is 1.59 bits per heavy atom. The van der Waals surface area contributed by atoms with Crippen LogP contribution in [0.4, 0.5) is 5.69 Å². The maximum absolute atomic E-state index is 14.0. The van der Waals surface area contributed by atoms with Crippen LogP contribution in [-0.4, -0.2) is 43.8 Å². The van der Waals surface area contributed by atoms with Crippen molar-refractivity contribution >= 4 is 50.7 Å². The fourth-order valence-corrected chi connectivity index (χ4v) is 6.12. The maximum Gasteiger partial charge on any atom is 0.264 e. The summed E-state index contributed by atoms with van der Waals surface area (Å²) in [4.78, 5) is 28.6. The van der Waals surface area contributed by atoms with Crippen LogP contribution < -0.4 is 9.62 Å². The molecule has 39 heavy (non-hydrogen) atoms. The Morgan fingerprint density at radius 1 is 0.949 bits per heavy atom. The minimum Gasteiger partial charge on any atom is -0.352 e. The maximum atomic E-state index is 14.0. The van der Waals surface area contributed by atoms with Crippen LogP contribution in [0.25, 0.3) is 0 Å². The molecule has 3 aromatic rings. The normalized spacial score (nSPS) is 12.2. The molecule has 0 fully saturated rings. The lowest BCUT2D eigenvalue weighted by Crippen LogP contribution is -2.53. The minimum absolute atomic E-state index is 0.00139. The standard InChI is InChI=1S/C29H33Cl2N3O4S/c1-5-26(29(36)32-20(2)3)33(18-22-13-11-21(4)12-14-22)28(35)19-34(27-16-15-23(30)17-25(27)31)39(37,38)24-9-7-6-8-10-24/h6-17,20,26H,5,18-19H2,1-4H3,(H,32,36)/t26-/m0/s1. The van der Waals surface area contributed by atoms with Gasteiger partial charge in [-0.2, -0.15) is 0 Å². The van der Waals surface area contributed by atoms with E-state index in [9.17, 15) is 18.0 Å². The van der Waals surface area contributed by atoms with E-state index in [1.54, 1.807) is 18.2 Å². The molecule has 0 aromatic heterocycles. The van der Waals surface area contributed by atoms with Crippen LogP contribution in [0.5, 0.6) is 0 Å². The number of benzene rings is 3. The first-order valence-corrected chi connectivity index (χ1v) is 14.8. The predicted molar refractivity (Wildman–Crippen MR) is 157 cm³/mol. The number of carbonyl (C=O) groups is 2. The Bertz CT molecular complexity index is 1400. The van der Waals surface area contributed by atoms with Gasteiger partial charge in [0, 0.05) is 17.6 Å². The zero-order chi connectivity index (χ0) is 28.7. The highest BCUT2D eigenvalue weighted by Crippen LogP contribution is 2.33. The van der Waals surface area contributed by atoms with E-state index in [4.69, 9.17) is 23.2 Å². The summed E-state index contributed by atoms with van der Waals surface area (Å²) in [6.07, 6.45) is 0.337. The van der Waals surface area contributed by atoms with Gasteiger partial charge in [0.1, 0.15) is 12.6 Å². The van der Waals surface area contributed by atoms with E-state index in [-0.39, 0.29) is 34.1 Å². The largest absolute Gasteiger partial charge is 0.352 e. The van der Waals surface area contributed by atoms with Gasteiger partial charge < -0.3 is 10.2 Å². The highest BCUT2D eigenvalue weighted by Gasteiger charge is 2.34. The molecule has 1 N–H and O–H groups in total. The highest BCUT2D eigenvalue weighted by molar-refractivity contribution is 7.92. The van der Waals surface area contributed by atoms with Crippen molar-refractivity contribution in [1.82, 2.24) is 10.2 Å². The average molecular weight is 591 g/mol. The number of sulfonamides is 1.